The van der Waals surface area contributed by atoms with Gasteiger partial charge in [-0.2, -0.15) is 0 Å². The first-order valence-electron chi connectivity index (χ1n) is 5.74. The average Bonchev–Trinajstić information content (AvgIpc) is 2.30. The Labute approximate surface area is 92.5 Å². The van der Waals surface area contributed by atoms with Crippen molar-refractivity contribution >= 4 is 0 Å². The first kappa shape index (κ1) is 12.0. The number of hydrogen-bond acceptors (Lipinski definition) is 1. The smallest absolute Gasteiger partial charge is 0.0971 e. The number of hydrogen-bond donors (Lipinski definition) is 1. The summed E-state index contributed by atoms with van der Waals surface area (Å²) in [5, 5.41) is 9.79. The van der Waals surface area contributed by atoms with Crippen molar-refractivity contribution in [1.29, 1.82) is 0 Å². The van der Waals surface area contributed by atoms with Gasteiger partial charge in [0.05, 0.1) is 6.10 Å². The molecule has 0 aromatic heterocycles. The predicted molar refractivity (Wildman–Crippen MR) is 64.7 cm³/mol. The normalized spacial score (nSPS) is 13.2. The van der Waals surface area contributed by atoms with Crippen LogP contribution in [0.25, 0.3) is 0 Å². The minimum Gasteiger partial charge on any atom is -0.384 e. The van der Waals surface area contributed by atoms with Gasteiger partial charge in [-0.25, -0.2) is 0 Å². The van der Waals surface area contributed by atoms with Crippen LogP contribution in [0.4, 0.5) is 0 Å². The van der Waals surface area contributed by atoms with Crippen LogP contribution in [-0.4, -0.2) is 5.11 Å². The number of rotatable bonds is 6. The molecule has 0 spiro atoms. The zero-order valence-corrected chi connectivity index (χ0v) is 9.39. The Morgan fingerprint density at radius 2 is 1.93 bits per heavy atom. The quantitative estimate of drug-likeness (QED) is 0.551. The summed E-state index contributed by atoms with van der Waals surface area (Å²) in [5.74, 6) is 0. The Balaban J connectivity index is 2.32. The van der Waals surface area contributed by atoms with Crippen LogP contribution in [-0.2, 0) is 0 Å². The number of aliphatic hydroxyl groups excluding tert-OH is 1. The SMILES string of the molecule is CCCCCC=CC(O)c1ccccc1. The minimum atomic E-state index is -0.451. The van der Waals surface area contributed by atoms with Gasteiger partial charge in [0.1, 0.15) is 0 Å². The third-order valence-electron chi connectivity index (χ3n) is 2.43. The number of aliphatic hydroxyl groups is 1. The molecule has 1 nitrogen and oxygen atoms in total. The molecule has 0 fully saturated rings. The van der Waals surface area contributed by atoms with Crippen molar-refractivity contribution in [2.24, 2.45) is 0 Å². The molecular weight excluding hydrogens is 184 g/mol. The molecule has 1 unspecified atom stereocenters. The van der Waals surface area contributed by atoms with Crippen LogP contribution >= 0.6 is 0 Å². The van der Waals surface area contributed by atoms with E-state index in [1.807, 2.05) is 36.4 Å². The van der Waals surface area contributed by atoms with Gasteiger partial charge < -0.3 is 5.11 Å². The summed E-state index contributed by atoms with van der Waals surface area (Å²) >= 11 is 0. The fourth-order valence-corrected chi connectivity index (χ4v) is 1.50. The van der Waals surface area contributed by atoms with Gasteiger partial charge in [-0.3, -0.25) is 0 Å². The number of allylic oxidation sites excluding steroid dienone is 1. The summed E-state index contributed by atoms with van der Waals surface area (Å²) in [5.41, 5.74) is 0.962. The summed E-state index contributed by atoms with van der Waals surface area (Å²) in [4.78, 5) is 0. The van der Waals surface area contributed by atoms with E-state index in [-0.39, 0.29) is 0 Å². The van der Waals surface area contributed by atoms with Crippen molar-refractivity contribution in [1.82, 2.24) is 0 Å². The molecule has 1 N–H and O–H groups in total. The fraction of sp³-hybridized carbons (Fsp3) is 0.429. The maximum absolute atomic E-state index is 9.79. The van der Waals surface area contributed by atoms with Crippen LogP contribution in [0.1, 0.15) is 44.3 Å². The molecule has 1 heteroatoms. The van der Waals surface area contributed by atoms with Crippen molar-refractivity contribution in [3.63, 3.8) is 0 Å². The lowest BCUT2D eigenvalue weighted by Crippen LogP contribution is -1.91. The van der Waals surface area contributed by atoms with Crippen LogP contribution in [0.3, 0.4) is 0 Å². The van der Waals surface area contributed by atoms with Crippen molar-refractivity contribution in [3.05, 3.63) is 48.0 Å². The Kier molecular flexibility index (Phi) is 5.79. The highest BCUT2D eigenvalue weighted by Gasteiger charge is 2.00. The van der Waals surface area contributed by atoms with Crippen molar-refractivity contribution < 1.29 is 5.11 Å². The van der Waals surface area contributed by atoms with E-state index in [0.717, 1.165) is 12.0 Å². The highest BCUT2D eigenvalue weighted by molar-refractivity contribution is 5.20. The van der Waals surface area contributed by atoms with E-state index in [1.165, 1.54) is 19.3 Å². The second-order valence-corrected chi connectivity index (χ2v) is 3.78. The maximum Gasteiger partial charge on any atom is 0.0971 e. The van der Waals surface area contributed by atoms with E-state index in [2.05, 4.69) is 13.0 Å². The molecule has 15 heavy (non-hydrogen) atoms. The predicted octanol–water partition coefficient (Wildman–Crippen LogP) is 3.86. The lowest BCUT2D eigenvalue weighted by atomic mass is 10.1. The third-order valence-corrected chi connectivity index (χ3v) is 2.43. The zero-order valence-electron chi connectivity index (χ0n) is 9.39. The largest absolute Gasteiger partial charge is 0.384 e. The summed E-state index contributed by atoms with van der Waals surface area (Å²) in [6.07, 6.45) is 8.30. The van der Waals surface area contributed by atoms with E-state index in [4.69, 9.17) is 0 Å². The molecule has 0 bridgehead atoms. The van der Waals surface area contributed by atoms with E-state index < -0.39 is 6.10 Å². The second-order valence-electron chi connectivity index (χ2n) is 3.78. The summed E-state index contributed by atoms with van der Waals surface area (Å²) in [7, 11) is 0. The molecule has 1 aromatic rings. The topological polar surface area (TPSA) is 20.2 Å². The standard InChI is InChI=1S/C14H20O/c1-2-3-4-5-9-12-14(15)13-10-7-6-8-11-13/h6-12,14-15H,2-5H2,1H3. The van der Waals surface area contributed by atoms with Crippen LogP contribution in [0, 0.1) is 0 Å². The molecule has 1 rings (SSSR count). The highest BCUT2D eigenvalue weighted by Crippen LogP contribution is 2.13. The van der Waals surface area contributed by atoms with E-state index in [1.54, 1.807) is 0 Å². The van der Waals surface area contributed by atoms with Gasteiger partial charge in [0.15, 0.2) is 0 Å². The molecule has 0 aliphatic carbocycles. The van der Waals surface area contributed by atoms with Crippen LogP contribution in [0.5, 0.6) is 0 Å². The van der Waals surface area contributed by atoms with Crippen molar-refractivity contribution in [3.8, 4) is 0 Å². The highest BCUT2D eigenvalue weighted by atomic mass is 16.3. The molecule has 0 aliphatic rings. The molecule has 0 heterocycles. The monoisotopic (exact) mass is 204 g/mol. The van der Waals surface area contributed by atoms with Crippen molar-refractivity contribution in [2.45, 2.75) is 38.7 Å². The summed E-state index contributed by atoms with van der Waals surface area (Å²) < 4.78 is 0. The van der Waals surface area contributed by atoms with Crippen LogP contribution < -0.4 is 0 Å². The average molecular weight is 204 g/mol. The molecule has 0 aliphatic heterocycles. The molecule has 1 atom stereocenters. The van der Waals surface area contributed by atoms with Crippen LogP contribution in [0.2, 0.25) is 0 Å². The van der Waals surface area contributed by atoms with Gasteiger partial charge in [0.2, 0.25) is 0 Å². The molecular formula is C14H20O. The van der Waals surface area contributed by atoms with Gasteiger partial charge in [0.25, 0.3) is 0 Å². The van der Waals surface area contributed by atoms with Gasteiger partial charge >= 0.3 is 0 Å². The van der Waals surface area contributed by atoms with Crippen molar-refractivity contribution in [2.75, 3.05) is 0 Å². The van der Waals surface area contributed by atoms with E-state index >= 15 is 0 Å². The molecule has 82 valence electrons. The molecule has 0 amide bonds. The summed E-state index contributed by atoms with van der Waals surface area (Å²) in [6, 6.07) is 9.75. The molecule has 0 radical (unpaired) electrons. The third kappa shape index (κ3) is 4.80. The van der Waals surface area contributed by atoms with E-state index in [9.17, 15) is 5.11 Å². The lowest BCUT2D eigenvalue weighted by molar-refractivity contribution is 0.228. The Hall–Kier alpha value is -1.08. The minimum absolute atomic E-state index is 0.451. The summed E-state index contributed by atoms with van der Waals surface area (Å²) in [6.45, 7) is 2.20. The van der Waals surface area contributed by atoms with Crippen LogP contribution in [0.15, 0.2) is 42.5 Å². The van der Waals surface area contributed by atoms with Gasteiger partial charge in [0, 0.05) is 0 Å². The molecule has 0 saturated heterocycles. The van der Waals surface area contributed by atoms with Gasteiger partial charge in [-0.05, 0) is 18.4 Å². The van der Waals surface area contributed by atoms with E-state index in [0.29, 0.717) is 0 Å². The Morgan fingerprint density at radius 3 is 2.60 bits per heavy atom. The number of benzene rings is 1. The molecule has 0 saturated carbocycles. The second kappa shape index (κ2) is 7.24. The first-order chi connectivity index (χ1) is 7.34. The zero-order chi connectivity index (χ0) is 10.9. The Bertz CT molecular complexity index is 277. The van der Waals surface area contributed by atoms with Gasteiger partial charge in [-0.15, -0.1) is 0 Å². The molecule has 1 aromatic carbocycles. The maximum atomic E-state index is 9.79. The lowest BCUT2D eigenvalue weighted by Gasteiger charge is -2.04. The first-order valence-corrected chi connectivity index (χ1v) is 5.74. The Morgan fingerprint density at radius 1 is 1.20 bits per heavy atom. The number of unbranched alkanes of at least 4 members (excludes halogenated alkanes) is 3. The fourth-order valence-electron chi connectivity index (χ4n) is 1.50. The van der Waals surface area contributed by atoms with Gasteiger partial charge in [-0.1, -0.05) is 62.2 Å².